The predicted molar refractivity (Wildman–Crippen MR) is 55.4 cm³/mol. The number of nitrogens with two attached hydrogens (primary N) is 1. The number of rotatable bonds is 4. The van der Waals surface area contributed by atoms with Crippen molar-refractivity contribution in [2.45, 2.75) is 25.0 Å². The zero-order chi connectivity index (χ0) is 11.4. The normalized spacial score (nSPS) is 25.9. The van der Waals surface area contributed by atoms with E-state index in [2.05, 4.69) is 15.4 Å². The molecule has 2 heterocycles. The minimum atomic E-state index is -0.378. The van der Waals surface area contributed by atoms with Gasteiger partial charge in [-0.25, -0.2) is 0 Å². The molecule has 2 rings (SSSR count). The Balaban J connectivity index is 1.91. The third kappa shape index (κ3) is 2.55. The lowest BCUT2D eigenvalue weighted by Gasteiger charge is -2.35. The van der Waals surface area contributed by atoms with E-state index in [-0.39, 0.29) is 5.60 Å². The molecule has 16 heavy (non-hydrogen) atoms. The van der Waals surface area contributed by atoms with Crippen LogP contribution >= 0.6 is 0 Å². The SMILES string of the molecule is Cn1nnc(COC2(CN)CCCOC2)n1. The Bertz CT molecular complexity index is 334. The maximum atomic E-state index is 5.79. The first kappa shape index (κ1) is 11.4. The molecule has 1 atom stereocenters. The van der Waals surface area contributed by atoms with Gasteiger partial charge in [0, 0.05) is 13.2 Å². The van der Waals surface area contributed by atoms with E-state index in [1.807, 2.05) is 0 Å². The van der Waals surface area contributed by atoms with Crippen molar-refractivity contribution >= 4 is 0 Å². The highest BCUT2D eigenvalue weighted by Crippen LogP contribution is 2.23. The quantitative estimate of drug-likeness (QED) is 0.727. The molecule has 1 aliphatic rings. The zero-order valence-electron chi connectivity index (χ0n) is 9.43. The number of hydrogen-bond donors (Lipinski definition) is 1. The van der Waals surface area contributed by atoms with Gasteiger partial charge in [0.2, 0.25) is 0 Å². The molecule has 0 amide bonds. The van der Waals surface area contributed by atoms with Gasteiger partial charge in [-0.15, -0.1) is 10.2 Å². The molecule has 1 unspecified atom stereocenters. The molecule has 0 saturated carbocycles. The Kier molecular flexibility index (Phi) is 3.47. The number of aromatic nitrogens is 4. The highest BCUT2D eigenvalue weighted by Gasteiger charge is 2.32. The molecule has 1 saturated heterocycles. The Labute approximate surface area is 93.9 Å². The first-order valence-electron chi connectivity index (χ1n) is 5.39. The van der Waals surface area contributed by atoms with E-state index in [0.29, 0.717) is 25.6 Å². The first-order chi connectivity index (χ1) is 7.74. The molecule has 0 spiro atoms. The van der Waals surface area contributed by atoms with Crippen LogP contribution in [0, 0.1) is 0 Å². The second kappa shape index (κ2) is 4.86. The van der Waals surface area contributed by atoms with Crippen molar-refractivity contribution in [2.75, 3.05) is 19.8 Å². The Hall–Kier alpha value is -1.05. The maximum absolute atomic E-state index is 5.79. The fourth-order valence-electron chi connectivity index (χ4n) is 1.76. The van der Waals surface area contributed by atoms with Gasteiger partial charge < -0.3 is 15.2 Å². The molecular weight excluding hydrogens is 210 g/mol. The van der Waals surface area contributed by atoms with Crippen molar-refractivity contribution in [1.82, 2.24) is 20.2 Å². The van der Waals surface area contributed by atoms with Crippen molar-refractivity contribution in [3.63, 3.8) is 0 Å². The van der Waals surface area contributed by atoms with Crippen LogP contribution in [0.25, 0.3) is 0 Å². The summed E-state index contributed by atoms with van der Waals surface area (Å²) in [7, 11) is 1.72. The molecular formula is C9H17N5O2. The van der Waals surface area contributed by atoms with E-state index < -0.39 is 0 Å². The van der Waals surface area contributed by atoms with E-state index in [0.717, 1.165) is 19.4 Å². The molecule has 1 aromatic heterocycles. The van der Waals surface area contributed by atoms with Gasteiger partial charge in [0.25, 0.3) is 0 Å². The van der Waals surface area contributed by atoms with Crippen LogP contribution in [-0.2, 0) is 23.1 Å². The van der Waals surface area contributed by atoms with E-state index in [9.17, 15) is 0 Å². The minimum absolute atomic E-state index is 0.328. The summed E-state index contributed by atoms with van der Waals surface area (Å²) in [6.07, 6.45) is 1.90. The van der Waals surface area contributed by atoms with Crippen LogP contribution in [0.1, 0.15) is 18.7 Å². The van der Waals surface area contributed by atoms with Crippen LogP contribution in [0.4, 0.5) is 0 Å². The van der Waals surface area contributed by atoms with Crippen LogP contribution in [0.15, 0.2) is 0 Å². The lowest BCUT2D eigenvalue weighted by molar-refractivity contribution is -0.131. The standard InChI is InChI=1S/C9H17N5O2/c1-14-12-8(11-13-14)5-16-9(6-10)3-2-4-15-7-9/h2-7,10H2,1H3. The smallest absolute Gasteiger partial charge is 0.200 e. The van der Waals surface area contributed by atoms with Crippen LogP contribution < -0.4 is 5.73 Å². The molecule has 90 valence electrons. The van der Waals surface area contributed by atoms with Gasteiger partial charge in [-0.3, -0.25) is 0 Å². The molecule has 0 aromatic carbocycles. The summed E-state index contributed by atoms with van der Waals surface area (Å²) in [6, 6.07) is 0. The van der Waals surface area contributed by atoms with Gasteiger partial charge in [0.15, 0.2) is 5.82 Å². The van der Waals surface area contributed by atoms with Crippen LogP contribution in [0.5, 0.6) is 0 Å². The summed E-state index contributed by atoms with van der Waals surface area (Å²) in [4.78, 5) is 1.41. The van der Waals surface area contributed by atoms with Crippen LogP contribution in [-0.4, -0.2) is 45.6 Å². The van der Waals surface area contributed by atoms with Gasteiger partial charge in [0.05, 0.1) is 13.7 Å². The molecule has 2 N–H and O–H groups in total. The van der Waals surface area contributed by atoms with E-state index >= 15 is 0 Å². The summed E-state index contributed by atoms with van der Waals surface area (Å²) in [6.45, 7) is 2.11. The van der Waals surface area contributed by atoms with Gasteiger partial charge in [-0.1, -0.05) is 0 Å². The minimum Gasteiger partial charge on any atom is -0.378 e. The van der Waals surface area contributed by atoms with Gasteiger partial charge in [-0.05, 0) is 18.1 Å². The van der Waals surface area contributed by atoms with E-state index in [4.69, 9.17) is 15.2 Å². The zero-order valence-corrected chi connectivity index (χ0v) is 9.43. The predicted octanol–water partition coefficient (Wildman–Crippen LogP) is -0.765. The number of tetrazole rings is 1. The van der Waals surface area contributed by atoms with Gasteiger partial charge in [0.1, 0.15) is 12.2 Å². The van der Waals surface area contributed by atoms with Crippen LogP contribution in [0.2, 0.25) is 0 Å². The maximum Gasteiger partial charge on any atom is 0.200 e. The molecule has 1 aliphatic heterocycles. The summed E-state index contributed by atoms with van der Waals surface area (Å²) in [5, 5.41) is 11.7. The first-order valence-corrected chi connectivity index (χ1v) is 5.39. The molecule has 0 aliphatic carbocycles. The highest BCUT2D eigenvalue weighted by atomic mass is 16.5. The summed E-state index contributed by atoms with van der Waals surface area (Å²) < 4.78 is 11.2. The summed E-state index contributed by atoms with van der Waals surface area (Å²) in [5.74, 6) is 0.570. The fourth-order valence-corrected chi connectivity index (χ4v) is 1.76. The van der Waals surface area contributed by atoms with Crippen molar-refractivity contribution in [2.24, 2.45) is 12.8 Å². The molecule has 7 nitrogen and oxygen atoms in total. The number of hydrogen-bond acceptors (Lipinski definition) is 6. The number of aryl methyl sites for hydroxylation is 1. The summed E-state index contributed by atoms with van der Waals surface area (Å²) >= 11 is 0. The monoisotopic (exact) mass is 227 g/mol. The van der Waals surface area contributed by atoms with Gasteiger partial charge >= 0.3 is 0 Å². The Morgan fingerprint density at radius 3 is 3.06 bits per heavy atom. The fraction of sp³-hybridized carbons (Fsp3) is 0.889. The summed E-state index contributed by atoms with van der Waals surface area (Å²) in [5.41, 5.74) is 5.36. The highest BCUT2D eigenvalue weighted by molar-refractivity contribution is 4.86. The molecule has 0 bridgehead atoms. The molecule has 7 heteroatoms. The van der Waals surface area contributed by atoms with Crippen LogP contribution in [0.3, 0.4) is 0 Å². The third-order valence-electron chi connectivity index (χ3n) is 2.72. The molecule has 0 radical (unpaired) electrons. The van der Waals surface area contributed by atoms with Gasteiger partial charge in [-0.2, -0.15) is 4.80 Å². The molecule has 1 aromatic rings. The van der Waals surface area contributed by atoms with Crippen molar-refractivity contribution in [1.29, 1.82) is 0 Å². The molecule has 1 fully saturated rings. The van der Waals surface area contributed by atoms with Crippen molar-refractivity contribution < 1.29 is 9.47 Å². The topological polar surface area (TPSA) is 88.1 Å². The lowest BCUT2D eigenvalue weighted by Crippen LogP contribution is -2.47. The second-order valence-electron chi connectivity index (χ2n) is 4.03. The Morgan fingerprint density at radius 2 is 2.50 bits per heavy atom. The van der Waals surface area contributed by atoms with Crippen molar-refractivity contribution in [3.8, 4) is 0 Å². The Morgan fingerprint density at radius 1 is 1.62 bits per heavy atom. The van der Waals surface area contributed by atoms with Crippen molar-refractivity contribution in [3.05, 3.63) is 5.82 Å². The van der Waals surface area contributed by atoms with E-state index in [1.54, 1.807) is 7.05 Å². The third-order valence-corrected chi connectivity index (χ3v) is 2.72. The lowest BCUT2D eigenvalue weighted by atomic mass is 9.97. The second-order valence-corrected chi connectivity index (χ2v) is 4.03. The number of ether oxygens (including phenoxy) is 2. The average molecular weight is 227 g/mol. The number of nitrogens with zero attached hydrogens (tertiary/aromatic N) is 4. The van der Waals surface area contributed by atoms with E-state index in [1.165, 1.54) is 4.80 Å². The average Bonchev–Trinajstić information content (AvgIpc) is 2.74. The largest absolute Gasteiger partial charge is 0.378 e.